The summed E-state index contributed by atoms with van der Waals surface area (Å²) in [4.78, 5) is 13.7. The molecule has 2 N–H and O–H groups in total. The van der Waals surface area contributed by atoms with Crippen molar-refractivity contribution >= 4 is 5.97 Å². The highest BCUT2D eigenvalue weighted by atomic mass is 16.4. The minimum atomic E-state index is -0.736. The van der Waals surface area contributed by atoms with Gasteiger partial charge in [0, 0.05) is 6.04 Å². The summed E-state index contributed by atoms with van der Waals surface area (Å²) in [5.41, 5.74) is -0.736. The van der Waals surface area contributed by atoms with Gasteiger partial charge < -0.3 is 15.3 Å². The van der Waals surface area contributed by atoms with Gasteiger partial charge in [0.25, 0.3) is 0 Å². The van der Waals surface area contributed by atoms with Crippen LogP contribution in [0.15, 0.2) is 0 Å². The topological polar surface area (TPSA) is 52.6 Å². The lowest BCUT2D eigenvalue weighted by molar-refractivity contribution is -0.145. The molecular weight excluding hydrogens is 216 g/mol. The Bertz CT molecular complexity index is 248. The Morgan fingerprint density at radius 2 is 2.18 bits per heavy atom. The van der Waals surface area contributed by atoms with Crippen molar-refractivity contribution < 1.29 is 9.90 Å². The van der Waals surface area contributed by atoms with Crippen LogP contribution in [0.25, 0.3) is 0 Å². The maximum absolute atomic E-state index is 11.3. The summed E-state index contributed by atoms with van der Waals surface area (Å²) in [6, 6.07) is 0.741. The molecule has 100 valence electrons. The third-order valence-corrected chi connectivity index (χ3v) is 4.30. The van der Waals surface area contributed by atoms with Crippen molar-refractivity contribution in [3.8, 4) is 0 Å². The molecule has 17 heavy (non-hydrogen) atoms. The predicted molar refractivity (Wildman–Crippen MR) is 69.2 cm³/mol. The van der Waals surface area contributed by atoms with Crippen LogP contribution in [0.5, 0.6) is 0 Å². The largest absolute Gasteiger partial charge is 0.480 e. The first-order chi connectivity index (χ1) is 8.05. The lowest BCUT2D eigenvalue weighted by Gasteiger charge is -2.35. The van der Waals surface area contributed by atoms with Crippen LogP contribution in [0, 0.1) is 0 Å². The van der Waals surface area contributed by atoms with Crippen LogP contribution >= 0.6 is 0 Å². The van der Waals surface area contributed by atoms with Crippen molar-refractivity contribution in [2.75, 3.05) is 20.6 Å². The third kappa shape index (κ3) is 3.42. The van der Waals surface area contributed by atoms with Crippen LogP contribution in [0.1, 0.15) is 45.4 Å². The minimum Gasteiger partial charge on any atom is -0.480 e. The molecule has 0 radical (unpaired) electrons. The molecular formula is C13H26N2O2. The second-order valence-electron chi connectivity index (χ2n) is 5.16. The fourth-order valence-electron chi connectivity index (χ4n) is 2.48. The molecule has 1 unspecified atom stereocenters. The molecule has 1 fully saturated rings. The molecule has 0 bridgehead atoms. The fourth-order valence-corrected chi connectivity index (χ4v) is 2.48. The van der Waals surface area contributed by atoms with Crippen LogP contribution in [-0.4, -0.2) is 48.2 Å². The van der Waals surface area contributed by atoms with Crippen molar-refractivity contribution in [3.05, 3.63) is 0 Å². The van der Waals surface area contributed by atoms with E-state index in [-0.39, 0.29) is 0 Å². The van der Waals surface area contributed by atoms with Gasteiger partial charge in [0.15, 0.2) is 0 Å². The number of carbonyl (C=O) groups is 1. The van der Waals surface area contributed by atoms with E-state index in [1.165, 1.54) is 19.3 Å². The Balaban J connectivity index is 2.33. The van der Waals surface area contributed by atoms with Crippen molar-refractivity contribution in [1.82, 2.24) is 10.2 Å². The normalized spacial score (nSPS) is 20.0. The number of aliphatic carboxylic acids is 1. The van der Waals surface area contributed by atoms with Gasteiger partial charge in [0.05, 0.1) is 0 Å². The van der Waals surface area contributed by atoms with E-state index in [9.17, 15) is 9.90 Å². The van der Waals surface area contributed by atoms with Crippen LogP contribution in [0.2, 0.25) is 0 Å². The zero-order valence-electron chi connectivity index (χ0n) is 11.3. The highest BCUT2D eigenvalue weighted by molar-refractivity contribution is 5.78. The van der Waals surface area contributed by atoms with Crippen molar-refractivity contribution in [1.29, 1.82) is 0 Å². The molecule has 0 heterocycles. The van der Waals surface area contributed by atoms with E-state index < -0.39 is 11.5 Å². The van der Waals surface area contributed by atoms with Gasteiger partial charge in [-0.05, 0) is 52.7 Å². The Morgan fingerprint density at radius 3 is 2.53 bits per heavy atom. The molecule has 4 nitrogen and oxygen atoms in total. The SMILES string of the molecule is CCC(CCCN(C)C1CCC1)(NC)C(=O)O. The van der Waals surface area contributed by atoms with Gasteiger partial charge in [-0.2, -0.15) is 0 Å². The van der Waals surface area contributed by atoms with E-state index in [1.807, 2.05) is 6.92 Å². The summed E-state index contributed by atoms with van der Waals surface area (Å²) in [6.07, 6.45) is 6.23. The molecule has 1 rings (SSSR count). The molecule has 4 heteroatoms. The molecule has 0 aromatic rings. The number of carboxylic acids is 1. The zero-order valence-corrected chi connectivity index (χ0v) is 11.3. The molecule has 1 aliphatic carbocycles. The Labute approximate surface area is 104 Å². The number of hydrogen-bond acceptors (Lipinski definition) is 3. The first-order valence-corrected chi connectivity index (χ1v) is 6.68. The van der Waals surface area contributed by atoms with Gasteiger partial charge in [-0.1, -0.05) is 13.3 Å². The molecule has 0 spiro atoms. The number of nitrogens with one attached hydrogen (secondary N) is 1. The average molecular weight is 242 g/mol. The summed E-state index contributed by atoms with van der Waals surface area (Å²) < 4.78 is 0. The smallest absolute Gasteiger partial charge is 0.323 e. The second kappa shape index (κ2) is 6.36. The maximum atomic E-state index is 11.3. The van der Waals surface area contributed by atoms with Crippen LogP contribution in [0.4, 0.5) is 0 Å². The molecule has 1 atom stereocenters. The Morgan fingerprint density at radius 1 is 1.53 bits per heavy atom. The number of nitrogens with zero attached hydrogens (tertiary/aromatic N) is 1. The van der Waals surface area contributed by atoms with Gasteiger partial charge in [0.1, 0.15) is 5.54 Å². The number of hydrogen-bond donors (Lipinski definition) is 2. The number of likely N-dealkylation sites (N-methyl/N-ethyl adjacent to an activating group) is 1. The molecule has 1 aliphatic rings. The van der Waals surface area contributed by atoms with E-state index >= 15 is 0 Å². The molecule has 0 aromatic heterocycles. The van der Waals surface area contributed by atoms with E-state index in [0.29, 0.717) is 12.8 Å². The molecule has 1 saturated carbocycles. The monoisotopic (exact) mass is 242 g/mol. The number of rotatable bonds is 8. The second-order valence-corrected chi connectivity index (χ2v) is 5.16. The standard InChI is InChI=1S/C13H26N2O2/c1-4-13(14-2,12(16)17)9-6-10-15(3)11-7-5-8-11/h11,14H,4-10H2,1-3H3,(H,16,17). The highest BCUT2D eigenvalue weighted by Crippen LogP contribution is 2.24. The van der Waals surface area contributed by atoms with Crippen LogP contribution < -0.4 is 5.32 Å². The van der Waals surface area contributed by atoms with Crippen molar-refractivity contribution in [2.45, 2.75) is 57.0 Å². The zero-order chi connectivity index (χ0) is 12.9. The van der Waals surface area contributed by atoms with E-state index in [4.69, 9.17) is 0 Å². The van der Waals surface area contributed by atoms with Crippen molar-refractivity contribution in [3.63, 3.8) is 0 Å². The summed E-state index contributed by atoms with van der Waals surface area (Å²) >= 11 is 0. The quantitative estimate of drug-likeness (QED) is 0.680. The lowest BCUT2D eigenvalue weighted by atomic mass is 9.89. The van der Waals surface area contributed by atoms with Crippen molar-refractivity contribution in [2.24, 2.45) is 0 Å². The van der Waals surface area contributed by atoms with Gasteiger partial charge in [-0.15, -0.1) is 0 Å². The maximum Gasteiger partial charge on any atom is 0.323 e. The van der Waals surface area contributed by atoms with E-state index in [2.05, 4.69) is 17.3 Å². The predicted octanol–water partition coefficient (Wildman–Crippen LogP) is 1.70. The lowest BCUT2D eigenvalue weighted by Crippen LogP contribution is -2.50. The highest BCUT2D eigenvalue weighted by Gasteiger charge is 2.34. The summed E-state index contributed by atoms with van der Waals surface area (Å²) in [6.45, 7) is 2.93. The Hall–Kier alpha value is -0.610. The third-order valence-electron chi connectivity index (χ3n) is 4.30. The van der Waals surface area contributed by atoms with Gasteiger partial charge in [0.2, 0.25) is 0 Å². The molecule has 0 amide bonds. The fraction of sp³-hybridized carbons (Fsp3) is 0.923. The molecule has 0 aliphatic heterocycles. The molecule has 0 saturated heterocycles. The summed E-state index contributed by atoms with van der Waals surface area (Å²) in [7, 11) is 3.89. The molecule has 0 aromatic carbocycles. The van der Waals surface area contributed by atoms with Crippen LogP contribution in [-0.2, 0) is 4.79 Å². The Kier molecular flexibility index (Phi) is 5.40. The van der Waals surface area contributed by atoms with Gasteiger partial charge in [-0.3, -0.25) is 4.79 Å². The van der Waals surface area contributed by atoms with Crippen LogP contribution in [0.3, 0.4) is 0 Å². The van der Waals surface area contributed by atoms with Gasteiger partial charge >= 0.3 is 5.97 Å². The number of carboxylic acid groups (broad SMARTS) is 1. The average Bonchev–Trinajstić information content (AvgIpc) is 2.22. The summed E-state index contributed by atoms with van der Waals surface area (Å²) in [5, 5.41) is 12.3. The minimum absolute atomic E-state index is 0.631. The van der Waals surface area contributed by atoms with E-state index in [1.54, 1.807) is 7.05 Å². The first kappa shape index (κ1) is 14.5. The summed E-state index contributed by atoms with van der Waals surface area (Å²) in [5.74, 6) is -0.728. The van der Waals surface area contributed by atoms with Gasteiger partial charge in [-0.25, -0.2) is 0 Å². The van der Waals surface area contributed by atoms with E-state index in [0.717, 1.165) is 19.0 Å². The first-order valence-electron chi connectivity index (χ1n) is 6.68.